The Bertz CT molecular complexity index is 301. The normalized spacial score (nSPS) is 19.7. The summed E-state index contributed by atoms with van der Waals surface area (Å²) in [5, 5.41) is 12.8. The number of aliphatic carboxylic acids is 1. The van der Waals surface area contributed by atoms with Crippen LogP contribution in [0.4, 0.5) is 0 Å². The van der Waals surface area contributed by atoms with E-state index in [1.165, 1.54) is 25.7 Å². The molecule has 1 atom stereocenters. The summed E-state index contributed by atoms with van der Waals surface area (Å²) in [5.41, 5.74) is -0.840. The molecule has 1 fully saturated rings. The quantitative estimate of drug-likeness (QED) is 0.683. The number of hydrogen-bond acceptors (Lipinski definition) is 3. The van der Waals surface area contributed by atoms with E-state index in [-0.39, 0.29) is 0 Å². The van der Waals surface area contributed by atoms with Crippen LogP contribution in [0.2, 0.25) is 0 Å². The summed E-state index contributed by atoms with van der Waals surface area (Å²) >= 11 is 0. The lowest BCUT2D eigenvalue weighted by atomic mass is 9.99. The molecule has 1 rings (SSSR count). The topological polar surface area (TPSA) is 52.6 Å². The van der Waals surface area contributed by atoms with E-state index in [0.29, 0.717) is 18.5 Å². The first-order valence-corrected chi connectivity index (χ1v) is 8.11. The predicted molar refractivity (Wildman–Crippen MR) is 83.0 cm³/mol. The second-order valence-electron chi connectivity index (χ2n) is 6.83. The first-order valence-electron chi connectivity index (χ1n) is 8.11. The van der Waals surface area contributed by atoms with Gasteiger partial charge in [-0.25, -0.2) is 0 Å². The molecule has 4 heteroatoms. The Morgan fingerprint density at radius 2 is 2.00 bits per heavy atom. The van der Waals surface area contributed by atoms with Gasteiger partial charge in [0.25, 0.3) is 0 Å². The number of carboxylic acid groups (broad SMARTS) is 1. The first kappa shape index (κ1) is 17.4. The van der Waals surface area contributed by atoms with Gasteiger partial charge in [0.1, 0.15) is 5.54 Å². The highest BCUT2D eigenvalue weighted by Crippen LogP contribution is 2.25. The van der Waals surface area contributed by atoms with Gasteiger partial charge in [0, 0.05) is 19.1 Å². The fraction of sp³-hybridized carbons (Fsp3) is 0.938. The molecular weight excluding hydrogens is 252 g/mol. The van der Waals surface area contributed by atoms with E-state index in [9.17, 15) is 9.90 Å². The zero-order valence-electron chi connectivity index (χ0n) is 13.6. The smallest absolute Gasteiger partial charge is 0.324 e. The molecule has 0 spiro atoms. The second kappa shape index (κ2) is 7.99. The summed E-state index contributed by atoms with van der Waals surface area (Å²) in [5.74, 6) is -0.169. The molecule has 0 heterocycles. The lowest BCUT2D eigenvalue weighted by Crippen LogP contribution is -2.58. The number of carbonyl (C=O) groups is 1. The van der Waals surface area contributed by atoms with Gasteiger partial charge in [-0.05, 0) is 38.6 Å². The highest BCUT2D eigenvalue weighted by atomic mass is 16.4. The monoisotopic (exact) mass is 284 g/mol. The standard InChI is InChI=1S/C16H32N2O2/c1-5-10-17-16(4,15(19)20)12-18(11-13(2)3)14-8-6-7-9-14/h13-14,17H,5-12H2,1-4H3,(H,19,20). The maximum atomic E-state index is 11.7. The SMILES string of the molecule is CCCNC(C)(CN(CC(C)C)C1CCCC1)C(=O)O. The molecule has 0 aromatic rings. The van der Waals surface area contributed by atoms with Crippen LogP contribution in [0.3, 0.4) is 0 Å². The zero-order valence-corrected chi connectivity index (χ0v) is 13.6. The number of nitrogens with one attached hydrogen (secondary N) is 1. The zero-order chi connectivity index (χ0) is 15.2. The summed E-state index contributed by atoms with van der Waals surface area (Å²) < 4.78 is 0. The maximum Gasteiger partial charge on any atom is 0.324 e. The molecule has 2 N–H and O–H groups in total. The van der Waals surface area contributed by atoms with E-state index in [1.807, 2.05) is 6.92 Å². The van der Waals surface area contributed by atoms with Crippen molar-refractivity contribution in [2.45, 2.75) is 71.4 Å². The second-order valence-corrected chi connectivity index (χ2v) is 6.83. The maximum absolute atomic E-state index is 11.7. The molecule has 0 aromatic carbocycles. The van der Waals surface area contributed by atoms with E-state index in [2.05, 4.69) is 31.0 Å². The minimum atomic E-state index is -0.840. The van der Waals surface area contributed by atoms with Crippen molar-refractivity contribution >= 4 is 5.97 Å². The first-order chi connectivity index (χ1) is 9.39. The van der Waals surface area contributed by atoms with Crippen LogP contribution in [-0.4, -0.2) is 47.2 Å². The van der Waals surface area contributed by atoms with Crippen LogP contribution in [0.15, 0.2) is 0 Å². The Hall–Kier alpha value is -0.610. The number of rotatable bonds is 9. The predicted octanol–water partition coefficient (Wildman–Crippen LogP) is 2.73. The van der Waals surface area contributed by atoms with Gasteiger partial charge in [-0.1, -0.05) is 33.6 Å². The Kier molecular flexibility index (Phi) is 6.96. The summed E-state index contributed by atoms with van der Waals surface area (Å²) in [6, 6.07) is 0.569. The Morgan fingerprint density at radius 1 is 1.40 bits per heavy atom. The molecule has 0 radical (unpaired) electrons. The minimum absolute atomic E-state index is 0.569. The van der Waals surface area contributed by atoms with Crippen molar-refractivity contribution in [2.75, 3.05) is 19.6 Å². The molecule has 1 saturated carbocycles. The van der Waals surface area contributed by atoms with E-state index in [1.54, 1.807) is 0 Å². The third kappa shape index (κ3) is 5.06. The van der Waals surface area contributed by atoms with Crippen molar-refractivity contribution in [1.29, 1.82) is 0 Å². The molecule has 1 aliphatic rings. The molecule has 0 amide bonds. The van der Waals surface area contributed by atoms with Gasteiger partial charge in [0.15, 0.2) is 0 Å². The van der Waals surface area contributed by atoms with Gasteiger partial charge < -0.3 is 10.4 Å². The van der Waals surface area contributed by atoms with Gasteiger partial charge in [-0.3, -0.25) is 9.69 Å². The van der Waals surface area contributed by atoms with Gasteiger partial charge in [0.2, 0.25) is 0 Å². The summed E-state index contributed by atoms with van der Waals surface area (Å²) in [6.45, 7) is 10.7. The van der Waals surface area contributed by atoms with Crippen molar-refractivity contribution in [3.8, 4) is 0 Å². The van der Waals surface area contributed by atoms with Crippen molar-refractivity contribution in [2.24, 2.45) is 5.92 Å². The summed E-state index contributed by atoms with van der Waals surface area (Å²) in [6.07, 6.45) is 5.96. The highest BCUT2D eigenvalue weighted by molar-refractivity contribution is 5.78. The fourth-order valence-corrected chi connectivity index (χ4v) is 3.09. The van der Waals surface area contributed by atoms with Crippen LogP contribution in [0.5, 0.6) is 0 Å². The average Bonchev–Trinajstić information content (AvgIpc) is 2.88. The molecule has 1 unspecified atom stereocenters. The largest absolute Gasteiger partial charge is 0.480 e. The summed E-state index contributed by atoms with van der Waals surface area (Å²) in [4.78, 5) is 14.1. The van der Waals surface area contributed by atoms with Gasteiger partial charge in [-0.15, -0.1) is 0 Å². The van der Waals surface area contributed by atoms with Crippen molar-refractivity contribution in [3.05, 3.63) is 0 Å². The molecule has 0 aromatic heterocycles. The van der Waals surface area contributed by atoms with Crippen LogP contribution >= 0.6 is 0 Å². The lowest BCUT2D eigenvalue weighted by molar-refractivity contribution is -0.145. The van der Waals surface area contributed by atoms with Gasteiger partial charge in [0.05, 0.1) is 0 Å². The Morgan fingerprint density at radius 3 is 2.45 bits per heavy atom. The average molecular weight is 284 g/mol. The van der Waals surface area contributed by atoms with Crippen molar-refractivity contribution < 1.29 is 9.90 Å². The fourth-order valence-electron chi connectivity index (χ4n) is 3.09. The minimum Gasteiger partial charge on any atom is -0.480 e. The van der Waals surface area contributed by atoms with Crippen LogP contribution < -0.4 is 5.32 Å². The van der Waals surface area contributed by atoms with Crippen molar-refractivity contribution in [1.82, 2.24) is 10.2 Å². The Labute approximate surface area is 123 Å². The van der Waals surface area contributed by atoms with Crippen LogP contribution in [-0.2, 0) is 4.79 Å². The van der Waals surface area contributed by atoms with Gasteiger partial charge >= 0.3 is 5.97 Å². The lowest BCUT2D eigenvalue weighted by Gasteiger charge is -2.37. The van der Waals surface area contributed by atoms with E-state index < -0.39 is 11.5 Å². The highest BCUT2D eigenvalue weighted by Gasteiger charge is 2.37. The molecule has 4 nitrogen and oxygen atoms in total. The molecule has 1 aliphatic carbocycles. The molecule has 0 bridgehead atoms. The van der Waals surface area contributed by atoms with E-state index >= 15 is 0 Å². The number of nitrogens with zero attached hydrogens (tertiary/aromatic N) is 1. The number of carboxylic acids is 1. The molecule has 118 valence electrons. The third-order valence-corrected chi connectivity index (χ3v) is 4.20. The Balaban J connectivity index is 2.75. The van der Waals surface area contributed by atoms with Crippen LogP contribution in [0.25, 0.3) is 0 Å². The molecular formula is C16H32N2O2. The van der Waals surface area contributed by atoms with Crippen LogP contribution in [0, 0.1) is 5.92 Å². The molecule has 20 heavy (non-hydrogen) atoms. The molecule has 0 saturated heterocycles. The van der Waals surface area contributed by atoms with Gasteiger partial charge in [-0.2, -0.15) is 0 Å². The van der Waals surface area contributed by atoms with E-state index in [4.69, 9.17) is 0 Å². The van der Waals surface area contributed by atoms with Crippen LogP contribution in [0.1, 0.15) is 59.8 Å². The number of hydrogen-bond donors (Lipinski definition) is 2. The molecule has 0 aliphatic heterocycles. The van der Waals surface area contributed by atoms with E-state index in [0.717, 1.165) is 19.5 Å². The summed E-state index contributed by atoms with van der Waals surface area (Å²) in [7, 11) is 0. The van der Waals surface area contributed by atoms with Crippen molar-refractivity contribution in [3.63, 3.8) is 0 Å². The third-order valence-electron chi connectivity index (χ3n) is 4.20.